The van der Waals surface area contributed by atoms with E-state index in [0.717, 1.165) is 10.7 Å². The highest BCUT2D eigenvalue weighted by Crippen LogP contribution is 2.21. The minimum absolute atomic E-state index is 0.330. The van der Waals surface area contributed by atoms with Gasteiger partial charge in [0.05, 0.1) is 5.69 Å². The SMILES string of the molecule is CC(C)c1ccn(-c2ccc(C(=O)O)s2)n1. The third-order valence-corrected chi connectivity index (χ3v) is 3.29. The number of rotatable bonds is 3. The summed E-state index contributed by atoms with van der Waals surface area (Å²) in [6.45, 7) is 4.15. The topological polar surface area (TPSA) is 55.1 Å². The van der Waals surface area contributed by atoms with Gasteiger partial charge >= 0.3 is 5.97 Å². The molecule has 2 aromatic heterocycles. The normalized spacial score (nSPS) is 10.9. The van der Waals surface area contributed by atoms with Crippen molar-refractivity contribution in [1.82, 2.24) is 9.78 Å². The van der Waals surface area contributed by atoms with Crippen LogP contribution in [0.4, 0.5) is 0 Å². The lowest BCUT2D eigenvalue weighted by Crippen LogP contribution is -1.94. The number of aromatic carboxylic acids is 1. The molecule has 0 aliphatic heterocycles. The molecule has 4 nitrogen and oxygen atoms in total. The average Bonchev–Trinajstić information content (AvgIpc) is 2.86. The van der Waals surface area contributed by atoms with Gasteiger partial charge < -0.3 is 5.11 Å². The third kappa shape index (κ3) is 1.99. The van der Waals surface area contributed by atoms with Gasteiger partial charge in [0, 0.05) is 6.20 Å². The van der Waals surface area contributed by atoms with Crippen LogP contribution in [0.5, 0.6) is 0 Å². The Balaban J connectivity index is 2.31. The number of hydrogen-bond acceptors (Lipinski definition) is 3. The number of carbonyl (C=O) groups is 1. The standard InChI is InChI=1S/C11H12N2O2S/c1-7(2)8-5-6-13(12-8)10-4-3-9(16-10)11(14)15/h3-7H,1-2H3,(H,14,15). The van der Waals surface area contributed by atoms with Gasteiger partial charge in [0.1, 0.15) is 9.88 Å². The van der Waals surface area contributed by atoms with Crippen molar-refractivity contribution in [2.45, 2.75) is 19.8 Å². The fourth-order valence-electron chi connectivity index (χ4n) is 1.33. The summed E-state index contributed by atoms with van der Waals surface area (Å²) in [5, 5.41) is 14.0. The lowest BCUT2D eigenvalue weighted by atomic mass is 10.1. The summed E-state index contributed by atoms with van der Waals surface area (Å²) in [4.78, 5) is 11.1. The van der Waals surface area contributed by atoms with E-state index in [-0.39, 0.29) is 0 Å². The lowest BCUT2D eigenvalue weighted by Gasteiger charge is -1.98. The minimum atomic E-state index is -0.896. The summed E-state index contributed by atoms with van der Waals surface area (Å²) >= 11 is 1.22. The molecule has 0 amide bonds. The number of carboxylic acid groups (broad SMARTS) is 1. The van der Waals surface area contributed by atoms with E-state index in [4.69, 9.17) is 5.11 Å². The average molecular weight is 236 g/mol. The Labute approximate surface area is 97.2 Å². The molecule has 2 heterocycles. The number of carboxylic acids is 1. The van der Waals surface area contributed by atoms with E-state index in [1.54, 1.807) is 16.8 Å². The van der Waals surface area contributed by atoms with Crippen LogP contribution in [0.1, 0.15) is 35.1 Å². The van der Waals surface area contributed by atoms with Crippen molar-refractivity contribution >= 4 is 17.3 Å². The molecule has 16 heavy (non-hydrogen) atoms. The van der Waals surface area contributed by atoms with Crippen LogP contribution in [0, 0.1) is 0 Å². The first-order chi connectivity index (χ1) is 7.58. The summed E-state index contributed by atoms with van der Waals surface area (Å²) in [6.07, 6.45) is 1.85. The van der Waals surface area contributed by atoms with E-state index in [1.807, 2.05) is 12.3 Å². The molecule has 5 heteroatoms. The monoisotopic (exact) mass is 236 g/mol. The molecule has 0 aliphatic rings. The highest BCUT2D eigenvalue weighted by Gasteiger charge is 2.10. The maximum Gasteiger partial charge on any atom is 0.345 e. The second-order valence-corrected chi connectivity index (χ2v) is 4.85. The molecule has 84 valence electrons. The molecular formula is C11H12N2O2S. The smallest absolute Gasteiger partial charge is 0.345 e. The molecule has 2 aromatic rings. The third-order valence-electron chi connectivity index (χ3n) is 2.23. The summed E-state index contributed by atoms with van der Waals surface area (Å²) in [6, 6.07) is 5.31. The van der Waals surface area contributed by atoms with Crippen molar-refractivity contribution in [3.8, 4) is 5.00 Å². The van der Waals surface area contributed by atoms with E-state index in [1.165, 1.54) is 11.3 Å². The first kappa shape index (κ1) is 10.9. The van der Waals surface area contributed by atoms with Gasteiger partial charge in [-0.15, -0.1) is 11.3 Å². The van der Waals surface area contributed by atoms with Crippen LogP contribution in [0.15, 0.2) is 24.4 Å². The van der Waals surface area contributed by atoms with Crippen molar-refractivity contribution in [1.29, 1.82) is 0 Å². The van der Waals surface area contributed by atoms with Crippen LogP contribution in [0.3, 0.4) is 0 Å². The zero-order valence-electron chi connectivity index (χ0n) is 9.04. The summed E-state index contributed by atoms with van der Waals surface area (Å²) in [5.41, 5.74) is 1.00. The highest BCUT2D eigenvalue weighted by molar-refractivity contribution is 7.16. The molecule has 2 rings (SSSR count). The van der Waals surface area contributed by atoms with Crippen molar-refractivity contribution in [2.24, 2.45) is 0 Å². The molecule has 0 aliphatic carbocycles. The van der Waals surface area contributed by atoms with Crippen molar-refractivity contribution < 1.29 is 9.90 Å². The fraction of sp³-hybridized carbons (Fsp3) is 0.273. The molecule has 0 aromatic carbocycles. The van der Waals surface area contributed by atoms with Crippen LogP contribution in [0.2, 0.25) is 0 Å². The minimum Gasteiger partial charge on any atom is -0.477 e. The van der Waals surface area contributed by atoms with Crippen LogP contribution in [0.25, 0.3) is 5.00 Å². The molecule has 1 N–H and O–H groups in total. The molecule has 0 fully saturated rings. The Bertz CT molecular complexity index is 514. The van der Waals surface area contributed by atoms with E-state index in [2.05, 4.69) is 18.9 Å². The Kier molecular flexibility index (Phi) is 2.78. The van der Waals surface area contributed by atoms with Crippen molar-refractivity contribution in [3.63, 3.8) is 0 Å². The van der Waals surface area contributed by atoms with Gasteiger partial charge in [-0.25, -0.2) is 9.48 Å². The van der Waals surface area contributed by atoms with E-state index < -0.39 is 5.97 Å². The zero-order valence-corrected chi connectivity index (χ0v) is 9.86. The molecule has 0 unspecified atom stereocenters. The first-order valence-electron chi connectivity index (χ1n) is 4.97. The van der Waals surface area contributed by atoms with Gasteiger partial charge in [-0.05, 0) is 24.1 Å². The second-order valence-electron chi connectivity index (χ2n) is 3.78. The van der Waals surface area contributed by atoms with E-state index >= 15 is 0 Å². The summed E-state index contributed by atoms with van der Waals surface area (Å²) < 4.78 is 1.71. The van der Waals surface area contributed by atoms with E-state index in [9.17, 15) is 4.79 Å². The molecule has 0 atom stereocenters. The quantitative estimate of drug-likeness (QED) is 0.891. The number of thiophene rings is 1. The van der Waals surface area contributed by atoms with Gasteiger partial charge in [-0.2, -0.15) is 5.10 Å². The fourth-order valence-corrected chi connectivity index (χ4v) is 2.11. The predicted octanol–water partition coefficient (Wildman–Crippen LogP) is 2.76. The van der Waals surface area contributed by atoms with Crippen molar-refractivity contribution in [3.05, 3.63) is 35.0 Å². The molecule has 0 radical (unpaired) electrons. The Morgan fingerprint density at radius 1 is 1.44 bits per heavy atom. The van der Waals surface area contributed by atoms with Crippen LogP contribution >= 0.6 is 11.3 Å². The van der Waals surface area contributed by atoms with Gasteiger partial charge in [0.2, 0.25) is 0 Å². The van der Waals surface area contributed by atoms with Crippen LogP contribution in [-0.2, 0) is 0 Å². The molecule has 0 saturated carbocycles. The highest BCUT2D eigenvalue weighted by atomic mass is 32.1. The molecule has 0 spiro atoms. The summed E-state index contributed by atoms with van der Waals surface area (Å²) in [5.74, 6) is -0.521. The van der Waals surface area contributed by atoms with Gasteiger partial charge in [0.15, 0.2) is 0 Å². The van der Waals surface area contributed by atoms with Crippen molar-refractivity contribution in [2.75, 3.05) is 0 Å². The lowest BCUT2D eigenvalue weighted by molar-refractivity contribution is 0.0702. The van der Waals surface area contributed by atoms with Gasteiger partial charge in [0.25, 0.3) is 0 Å². The van der Waals surface area contributed by atoms with Gasteiger partial charge in [-0.1, -0.05) is 13.8 Å². The first-order valence-corrected chi connectivity index (χ1v) is 5.78. The number of hydrogen-bond donors (Lipinski definition) is 1. The van der Waals surface area contributed by atoms with Crippen LogP contribution in [-0.4, -0.2) is 20.9 Å². The number of aromatic nitrogens is 2. The molecule has 0 bridgehead atoms. The predicted molar refractivity (Wildman–Crippen MR) is 62.5 cm³/mol. The zero-order chi connectivity index (χ0) is 11.7. The Morgan fingerprint density at radius 2 is 2.19 bits per heavy atom. The largest absolute Gasteiger partial charge is 0.477 e. The molecule has 0 saturated heterocycles. The molecular weight excluding hydrogens is 224 g/mol. The second kappa shape index (κ2) is 4.09. The number of nitrogens with zero attached hydrogens (tertiary/aromatic N) is 2. The van der Waals surface area contributed by atoms with E-state index in [0.29, 0.717) is 10.8 Å². The van der Waals surface area contributed by atoms with Gasteiger partial charge in [-0.3, -0.25) is 0 Å². The maximum absolute atomic E-state index is 10.7. The maximum atomic E-state index is 10.7. The van der Waals surface area contributed by atoms with Crippen LogP contribution < -0.4 is 0 Å². The Morgan fingerprint density at radius 3 is 2.69 bits per heavy atom. The Hall–Kier alpha value is -1.62. The summed E-state index contributed by atoms with van der Waals surface area (Å²) in [7, 11) is 0.